The molecule has 0 radical (unpaired) electrons. The highest BCUT2D eigenvalue weighted by atomic mass is 32.2. The Bertz CT molecular complexity index is 1230. The smallest absolute Gasteiger partial charge is 0.281 e. The van der Waals surface area contributed by atoms with Crippen LogP contribution in [0.25, 0.3) is 10.9 Å². The number of nitrogens with zero attached hydrogens (tertiary/aromatic N) is 3. The molecule has 11 heteroatoms. The van der Waals surface area contributed by atoms with E-state index >= 15 is 0 Å². The van der Waals surface area contributed by atoms with Crippen LogP contribution >= 0.6 is 11.8 Å². The largest absolute Gasteiger partial charge is 0.491 e. The highest BCUT2D eigenvalue weighted by Crippen LogP contribution is 2.35. The molecular weight excluding hydrogens is 452 g/mol. The van der Waals surface area contributed by atoms with Crippen molar-refractivity contribution in [1.29, 1.82) is 0 Å². The van der Waals surface area contributed by atoms with Crippen molar-refractivity contribution in [1.82, 2.24) is 9.97 Å². The third-order valence-electron chi connectivity index (χ3n) is 4.99. The van der Waals surface area contributed by atoms with Crippen molar-refractivity contribution in [3.05, 3.63) is 48.3 Å². The number of hydrogen-bond donors (Lipinski definition) is 2. The summed E-state index contributed by atoms with van der Waals surface area (Å²) in [4.78, 5) is 11.9. The number of aromatic amines is 1. The Hall–Kier alpha value is -2.60. The van der Waals surface area contributed by atoms with Gasteiger partial charge >= 0.3 is 0 Å². The molecule has 1 unspecified atom stereocenters. The van der Waals surface area contributed by atoms with Crippen molar-refractivity contribution in [2.45, 2.75) is 11.1 Å². The van der Waals surface area contributed by atoms with Crippen LogP contribution in [-0.2, 0) is 14.8 Å². The molecular formula is C21H24N4O5S2. The third-order valence-corrected chi connectivity index (χ3v) is 7.83. The molecule has 0 saturated carbocycles. The Balaban J connectivity index is 1.80. The van der Waals surface area contributed by atoms with Crippen LogP contribution in [0.3, 0.4) is 0 Å². The van der Waals surface area contributed by atoms with Crippen LogP contribution in [-0.4, -0.2) is 74.3 Å². The van der Waals surface area contributed by atoms with Gasteiger partial charge in [-0.3, -0.25) is 9.30 Å². The Morgan fingerprint density at radius 2 is 2.12 bits per heavy atom. The van der Waals surface area contributed by atoms with Gasteiger partial charge in [-0.2, -0.15) is 8.42 Å². The SMILES string of the molecule is COCCOc1cc(N(C)S(=O)(=O)c2ccccn2)c2[nH]c(C3=NC(CO)CS3)cc2c1. The molecule has 1 aromatic carbocycles. The number of H-pyrrole nitrogens is 1. The lowest BCUT2D eigenvalue weighted by Crippen LogP contribution is -2.27. The number of nitrogens with one attached hydrogen (secondary N) is 1. The summed E-state index contributed by atoms with van der Waals surface area (Å²) in [6.07, 6.45) is 1.44. The van der Waals surface area contributed by atoms with Gasteiger partial charge in [0, 0.05) is 37.6 Å². The number of thioether (sulfide) groups is 1. The van der Waals surface area contributed by atoms with Crippen molar-refractivity contribution in [3.8, 4) is 5.75 Å². The molecule has 3 heterocycles. The number of benzene rings is 1. The van der Waals surface area contributed by atoms with E-state index in [1.165, 1.54) is 23.6 Å². The van der Waals surface area contributed by atoms with Crippen LogP contribution in [0.4, 0.5) is 5.69 Å². The fourth-order valence-corrected chi connectivity index (χ4v) is 5.46. The van der Waals surface area contributed by atoms with Crippen molar-refractivity contribution >= 4 is 43.4 Å². The van der Waals surface area contributed by atoms with Gasteiger partial charge in [0.1, 0.15) is 17.4 Å². The number of sulfonamides is 1. The molecule has 170 valence electrons. The van der Waals surface area contributed by atoms with Crippen LogP contribution in [0.2, 0.25) is 0 Å². The van der Waals surface area contributed by atoms with E-state index in [0.29, 0.717) is 35.9 Å². The standard InChI is InChI=1S/C21H24N4O5S2/c1-25(32(27,28)19-5-3-4-6-22-19)18-11-16(30-8-7-29-2)9-14-10-17(24-20(14)18)21-23-15(12-26)13-31-21/h3-6,9-11,15,24,26H,7-8,12-13H2,1-2H3. The first-order valence-electron chi connectivity index (χ1n) is 9.94. The van der Waals surface area contributed by atoms with E-state index in [-0.39, 0.29) is 17.7 Å². The number of aliphatic imine (C=N–C) groups is 1. The quantitative estimate of drug-likeness (QED) is 0.455. The molecule has 0 bridgehead atoms. The Labute approximate surface area is 190 Å². The van der Waals surface area contributed by atoms with Gasteiger partial charge < -0.3 is 19.6 Å². The van der Waals surface area contributed by atoms with Gasteiger partial charge in [0.15, 0.2) is 5.03 Å². The number of aliphatic hydroxyl groups is 1. The lowest BCUT2D eigenvalue weighted by atomic mass is 10.2. The first-order chi connectivity index (χ1) is 15.4. The van der Waals surface area contributed by atoms with E-state index in [9.17, 15) is 13.5 Å². The minimum Gasteiger partial charge on any atom is -0.491 e. The zero-order valence-corrected chi connectivity index (χ0v) is 19.3. The van der Waals surface area contributed by atoms with Gasteiger partial charge in [0.25, 0.3) is 10.0 Å². The van der Waals surface area contributed by atoms with Crippen LogP contribution < -0.4 is 9.04 Å². The van der Waals surface area contributed by atoms with Crippen LogP contribution in [0, 0.1) is 0 Å². The molecule has 3 aromatic rings. The molecule has 2 aromatic heterocycles. The van der Waals surface area contributed by atoms with E-state index in [0.717, 1.165) is 16.1 Å². The van der Waals surface area contributed by atoms with Gasteiger partial charge in [-0.1, -0.05) is 6.07 Å². The molecule has 0 saturated heterocycles. The summed E-state index contributed by atoms with van der Waals surface area (Å²) in [7, 11) is -0.820. The maximum absolute atomic E-state index is 13.2. The maximum Gasteiger partial charge on any atom is 0.281 e. The lowest BCUT2D eigenvalue weighted by molar-refractivity contribution is 0.146. The van der Waals surface area contributed by atoms with Crippen LogP contribution in [0.5, 0.6) is 5.75 Å². The number of methoxy groups -OCH3 is 1. The predicted molar refractivity (Wildman–Crippen MR) is 125 cm³/mol. The monoisotopic (exact) mass is 476 g/mol. The predicted octanol–water partition coefficient (Wildman–Crippen LogP) is 2.27. The van der Waals surface area contributed by atoms with Crippen molar-refractivity contribution in [3.63, 3.8) is 0 Å². The normalized spacial score (nSPS) is 16.3. The molecule has 4 rings (SSSR count). The lowest BCUT2D eigenvalue weighted by Gasteiger charge is -2.20. The maximum atomic E-state index is 13.2. The molecule has 32 heavy (non-hydrogen) atoms. The molecule has 9 nitrogen and oxygen atoms in total. The van der Waals surface area contributed by atoms with Crippen molar-refractivity contribution in [2.24, 2.45) is 4.99 Å². The average Bonchev–Trinajstić information content (AvgIpc) is 3.45. The molecule has 2 N–H and O–H groups in total. The van der Waals surface area contributed by atoms with Crippen molar-refractivity contribution < 1.29 is 23.0 Å². The molecule has 0 aliphatic carbocycles. The highest BCUT2D eigenvalue weighted by Gasteiger charge is 2.26. The Kier molecular flexibility index (Phi) is 6.70. The number of pyridine rings is 1. The summed E-state index contributed by atoms with van der Waals surface area (Å²) in [5.74, 6) is 1.22. The molecule has 1 atom stereocenters. The number of aliphatic hydroxyl groups excluding tert-OH is 1. The second-order valence-electron chi connectivity index (χ2n) is 7.15. The number of aromatic nitrogens is 2. The van der Waals surface area contributed by atoms with Crippen LogP contribution in [0.1, 0.15) is 5.69 Å². The second-order valence-corrected chi connectivity index (χ2v) is 10.1. The second kappa shape index (κ2) is 9.49. The zero-order chi connectivity index (χ0) is 22.7. The molecule has 0 amide bonds. The third kappa shape index (κ3) is 4.46. The van der Waals surface area contributed by atoms with Gasteiger partial charge in [-0.15, -0.1) is 11.8 Å². The number of anilines is 1. The number of hydrogen-bond acceptors (Lipinski definition) is 8. The highest BCUT2D eigenvalue weighted by molar-refractivity contribution is 8.14. The molecule has 1 aliphatic heterocycles. The first kappa shape index (κ1) is 22.6. The summed E-state index contributed by atoms with van der Waals surface area (Å²) in [5, 5.41) is 10.9. The number of rotatable bonds is 9. The van der Waals surface area contributed by atoms with E-state index in [1.54, 1.807) is 37.1 Å². The van der Waals surface area contributed by atoms with Crippen LogP contribution in [0.15, 0.2) is 52.6 Å². The van der Waals surface area contributed by atoms with Gasteiger partial charge in [-0.05, 0) is 24.3 Å². The molecule has 0 spiro atoms. The minimum atomic E-state index is -3.89. The topological polar surface area (TPSA) is 117 Å². The summed E-state index contributed by atoms with van der Waals surface area (Å²) < 4.78 is 38.5. The van der Waals surface area contributed by atoms with Gasteiger partial charge in [0.2, 0.25) is 0 Å². The fourth-order valence-electron chi connectivity index (χ4n) is 3.31. The van der Waals surface area contributed by atoms with E-state index in [1.807, 2.05) is 12.1 Å². The molecule has 0 fully saturated rings. The van der Waals surface area contributed by atoms with Gasteiger partial charge in [-0.25, -0.2) is 4.98 Å². The number of fused-ring (bicyclic) bond motifs is 1. The summed E-state index contributed by atoms with van der Waals surface area (Å²) >= 11 is 1.55. The summed E-state index contributed by atoms with van der Waals surface area (Å²) in [6, 6.07) is 10.1. The van der Waals surface area contributed by atoms with E-state index in [4.69, 9.17) is 9.47 Å². The summed E-state index contributed by atoms with van der Waals surface area (Å²) in [6.45, 7) is 0.727. The van der Waals surface area contributed by atoms with E-state index < -0.39 is 10.0 Å². The summed E-state index contributed by atoms with van der Waals surface area (Å²) in [5.41, 5.74) is 1.82. The minimum absolute atomic E-state index is 0.00940. The van der Waals surface area contributed by atoms with Crippen molar-refractivity contribution in [2.75, 3.05) is 44.0 Å². The Morgan fingerprint density at radius 3 is 2.81 bits per heavy atom. The average molecular weight is 477 g/mol. The number of ether oxygens (including phenoxy) is 2. The fraction of sp³-hybridized carbons (Fsp3) is 0.333. The zero-order valence-electron chi connectivity index (χ0n) is 17.7. The Morgan fingerprint density at radius 1 is 1.28 bits per heavy atom. The van der Waals surface area contributed by atoms with E-state index in [2.05, 4.69) is 15.0 Å². The molecule has 1 aliphatic rings. The first-order valence-corrected chi connectivity index (χ1v) is 12.4. The van der Waals surface area contributed by atoms with Gasteiger partial charge in [0.05, 0.1) is 36.2 Å².